The molecule has 4 aliphatic carbocycles. The summed E-state index contributed by atoms with van der Waals surface area (Å²) in [5.41, 5.74) is 4.29. The van der Waals surface area contributed by atoms with Gasteiger partial charge in [-0.3, -0.25) is 0 Å². The molecule has 1 heterocycles. The second-order valence-corrected chi connectivity index (χ2v) is 10.7. The number of hydrogen-bond acceptors (Lipinski definition) is 5. The molecule has 5 rings (SSSR count). The normalized spacial score (nSPS) is 40.1. The summed E-state index contributed by atoms with van der Waals surface area (Å²) in [5, 5.41) is 17.7. The molecule has 0 aromatic carbocycles. The highest BCUT2D eigenvalue weighted by atomic mass is 32.1. The van der Waals surface area contributed by atoms with E-state index >= 15 is 0 Å². The maximum Gasteiger partial charge on any atom is 0.183 e. The SMILES string of the molecule is C=CCNc1nc2c(s1)C1=CC[C@@H]3[C@H](CC[C@]4(C)/C(=N/O)CC[C@@H]34)[C@@]1(C)CC2. The van der Waals surface area contributed by atoms with E-state index < -0.39 is 0 Å². The lowest BCUT2D eigenvalue weighted by molar-refractivity contribution is 0.0110. The Hall–Kier alpha value is -1.62. The molecule has 1 aromatic heterocycles. The van der Waals surface area contributed by atoms with Crippen LogP contribution in [0.15, 0.2) is 23.9 Å². The number of anilines is 1. The van der Waals surface area contributed by atoms with Gasteiger partial charge in [0.1, 0.15) is 0 Å². The third-order valence-corrected chi connectivity index (χ3v) is 9.64. The van der Waals surface area contributed by atoms with Gasteiger partial charge >= 0.3 is 0 Å². The Kier molecular flexibility index (Phi) is 4.24. The predicted octanol–water partition coefficient (Wildman–Crippen LogP) is 5.75. The van der Waals surface area contributed by atoms with Gasteiger partial charge in [-0.25, -0.2) is 4.98 Å². The van der Waals surface area contributed by atoms with Gasteiger partial charge in [0.2, 0.25) is 0 Å². The monoisotopic (exact) mass is 397 g/mol. The summed E-state index contributed by atoms with van der Waals surface area (Å²) in [6.07, 6.45) is 12.5. The van der Waals surface area contributed by atoms with Crippen LogP contribution in [0.5, 0.6) is 0 Å². The van der Waals surface area contributed by atoms with Crippen molar-refractivity contribution >= 4 is 27.8 Å². The van der Waals surface area contributed by atoms with E-state index in [9.17, 15) is 5.21 Å². The molecule has 5 heteroatoms. The highest BCUT2D eigenvalue weighted by molar-refractivity contribution is 7.16. The second-order valence-electron chi connectivity index (χ2n) is 9.65. The number of rotatable bonds is 3. The third-order valence-electron chi connectivity index (χ3n) is 8.55. The van der Waals surface area contributed by atoms with Crippen LogP contribution in [0.4, 0.5) is 5.13 Å². The lowest BCUT2D eigenvalue weighted by Crippen LogP contribution is -2.49. The zero-order valence-corrected chi connectivity index (χ0v) is 17.8. The summed E-state index contributed by atoms with van der Waals surface area (Å²) >= 11 is 1.83. The molecule has 0 aliphatic heterocycles. The van der Waals surface area contributed by atoms with Gasteiger partial charge in [0.05, 0.1) is 16.3 Å². The van der Waals surface area contributed by atoms with Crippen molar-refractivity contribution in [1.29, 1.82) is 0 Å². The Balaban J connectivity index is 1.50. The lowest BCUT2D eigenvalue weighted by Gasteiger charge is -2.56. The quantitative estimate of drug-likeness (QED) is 0.388. The van der Waals surface area contributed by atoms with E-state index in [4.69, 9.17) is 4.98 Å². The molecule has 0 saturated heterocycles. The molecule has 2 N–H and O–H groups in total. The molecule has 4 aliphatic rings. The zero-order valence-electron chi connectivity index (χ0n) is 17.0. The first kappa shape index (κ1) is 18.4. The molecule has 0 amide bonds. The summed E-state index contributed by atoms with van der Waals surface area (Å²) < 4.78 is 0. The highest BCUT2D eigenvalue weighted by Crippen LogP contribution is 2.65. The van der Waals surface area contributed by atoms with Gasteiger partial charge in [0.15, 0.2) is 5.13 Å². The van der Waals surface area contributed by atoms with Crippen LogP contribution in [0, 0.1) is 28.6 Å². The Morgan fingerprint density at radius 1 is 1.29 bits per heavy atom. The van der Waals surface area contributed by atoms with Crippen molar-refractivity contribution < 1.29 is 5.21 Å². The van der Waals surface area contributed by atoms with Gasteiger partial charge in [-0.05, 0) is 73.7 Å². The Bertz CT molecular complexity index is 871. The average Bonchev–Trinajstić information content (AvgIpc) is 3.25. The number of nitrogens with zero attached hydrogens (tertiary/aromatic N) is 2. The van der Waals surface area contributed by atoms with Crippen LogP contribution in [0.2, 0.25) is 0 Å². The fourth-order valence-electron chi connectivity index (χ4n) is 7.06. The van der Waals surface area contributed by atoms with Gasteiger partial charge in [-0.2, -0.15) is 0 Å². The molecule has 28 heavy (non-hydrogen) atoms. The van der Waals surface area contributed by atoms with Gasteiger partial charge in [-0.15, -0.1) is 6.58 Å². The number of thiazole rings is 1. The molecule has 0 radical (unpaired) electrons. The number of nitrogens with one attached hydrogen (secondary N) is 1. The summed E-state index contributed by atoms with van der Waals surface area (Å²) in [6.45, 7) is 9.45. The first-order chi connectivity index (χ1) is 13.5. The first-order valence-electron chi connectivity index (χ1n) is 10.8. The van der Waals surface area contributed by atoms with Crippen molar-refractivity contribution in [2.75, 3.05) is 11.9 Å². The van der Waals surface area contributed by atoms with Crippen molar-refractivity contribution in [3.8, 4) is 0 Å². The van der Waals surface area contributed by atoms with E-state index in [0.29, 0.717) is 5.92 Å². The fourth-order valence-corrected chi connectivity index (χ4v) is 8.26. The molecule has 4 nitrogen and oxygen atoms in total. The maximum atomic E-state index is 9.54. The topological polar surface area (TPSA) is 57.5 Å². The summed E-state index contributed by atoms with van der Waals surface area (Å²) in [4.78, 5) is 6.30. The molecule has 0 unspecified atom stereocenters. The third kappa shape index (κ3) is 2.41. The standard InChI is InChI=1S/C23H31N3OS/c1-4-13-24-21-25-18-10-12-22(2)16-9-11-23(3)15(7-8-19(23)26-27)14(16)5-6-17(22)20(18)28-21/h4,6,14-16,27H,1,5,7-13H2,2-3H3,(H,24,25)/b26-19+/t14-,15-,16-,22+,23-/m0/s1. The fraction of sp³-hybridized carbons (Fsp3) is 0.652. The molecule has 0 bridgehead atoms. The van der Waals surface area contributed by atoms with Crippen molar-refractivity contribution in [3.05, 3.63) is 29.3 Å². The van der Waals surface area contributed by atoms with Crippen LogP contribution >= 0.6 is 11.3 Å². The molecule has 2 fully saturated rings. The Labute approximate surface area is 171 Å². The minimum absolute atomic E-state index is 0.115. The molecule has 150 valence electrons. The van der Waals surface area contributed by atoms with Crippen molar-refractivity contribution in [1.82, 2.24) is 4.98 Å². The number of aryl methyl sites for hydroxylation is 1. The van der Waals surface area contributed by atoms with Crippen LogP contribution in [0.1, 0.15) is 62.9 Å². The van der Waals surface area contributed by atoms with Crippen LogP contribution in [-0.4, -0.2) is 22.4 Å². The van der Waals surface area contributed by atoms with E-state index in [1.165, 1.54) is 42.7 Å². The van der Waals surface area contributed by atoms with E-state index in [1.807, 2.05) is 17.4 Å². The number of oxime groups is 1. The summed E-state index contributed by atoms with van der Waals surface area (Å²) in [5.74, 6) is 2.13. The molecule has 1 aromatic rings. The number of aromatic nitrogens is 1. The smallest absolute Gasteiger partial charge is 0.183 e. The minimum Gasteiger partial charge on any atom is -0.411 e. The largest absolute Gasteiger partial charge is 0.411 e. The second kappa shape index (κ2) is 6.45. The van der Waals surface area contributed by atoms with Crippen molar-refractivity contribution in [2.24, 2.45) is 33.7 Å². The maximum absolute atomic E-state index is 9.54. The lowest BCUT2D eigenvalue weighted by atomic mass is 9.48. The summed E-state index contributed by atoms with van der Waals surface area (Å²) in [7, 11) is 0. The van der Waals surface area contributed by atoms with Crippen molar-refractivity contribution in [3.63, 3.8) is 0 Å². The van der Waals surface area contributed by atoms with Gasteiger partial charge in [0.25, 0.3) is 0 Å². The first-order valence-corrected chi connectivity index (χ1v) is 11.6. The number of allylic oxidation sites excluding steroid dienone is 2. The number of hydrogen-bond donors (Lipinski definition) is 2. The minimum atomic E-state index is 0.115. The van der Waals surface area contributed by atoms with Crippen LogP contribution in [0.3, 0.4) is 0 Å². The van der Waals surface area contributed by atoms with E-state index in [2.05, 4.69) is 37.0 Å². The average molecular weight is 398 g/mol. The highest BCUT2D eigenvalue weighted by Gasteiger charge is 2.58. The van der Waals surface area contributed by atoms with Crippen molar-refractivity contribution in [2.45, 2.75) is 58.8 Å². The van der Waals surface area contributed by atoms with E-state index in [-0.39, 0.29) is 10.8 Å². The van der Waals surface area contributed by atoms with E-state index in [0.717, 1.165) is 42.1 Å². The number of fused-ring (bicyclic) bond motifs is 7. The predicted molar refractivity (Wildman–Crippen MR) is 116 cm³/mol. The molecule has 0 spiro atoms. The van der Waals surface area contributed by atoms with Gasteiger partial charge < -0.3 is 10.5 Å². The zero-order chi connectivity index (χ0) is 19.5. The molecule has 2 saturated carbocycles. The Morgan fingerprint density at radius 2 is 2.11 bits per heavy atom. The van der Waals surface area contributed by atoms with Crippen LogP contribution in [-0.2, 0) is 6.42 Å². The van der Waals surface area contributed by atoms with Gasteiger partial charge in [0, 0.05) is 12.0 Å². The Morgan fingerprint density at radius 3 is 2.89 bits per heavy atom. The van der Waals surface area contributed by atoms with Crippen LogP contribution in [0.25, 0.3) is 5.57 Å². The van der Waals surface area contributed by atoms with E-state index in [1.54, 1.807) is 5.57 Å². The molecular weight excluding hydrogens is 366 g/mol. The molecular formula is C23H31N3OS. The molecule has 5 atom stereocenters. The van der Waals surface area contributed by atoms with Gasteiger partial charge in [-0.1, -0.05) is 42.5 Å². The summed E-state index contributed by atoms with van der Waals surface area (Å²) in [6, 6.07) is 0. The van der Waals surface area contributed by atoms with Crippen LogP contribution < -0.4 is 5.32 Å².